The van der Waals surface area contributed by atoms with E-state index >= 15 is 0 Å². The van der Waals surface area contributed by atoms with E-state index in [0.29, 0.717) is 30.5 Å². The normalized spacial score (nSPS) is 17.1. The number of anilines is 1. The molecular weight excluding hydrogens is 240 g/mol. The number of halogens is 1. The van der Waals surface area contributed by atoms with Gasteiger partial charge in [-0.2, -0.15) is 0 Å². The number of carbonyl (C=O) groups is 1. The predicted octanol–water partition coefficient (Wildman–Crippen LogP) is 2.50. The Bertz CT molecular complexity index is 419. The zero-order valence-electron chi connectivity index (χ0n) is 9.63. The number of ether oxygens (including phenoxy) is 1. The van der Waals surface area contributed by atoms with Crippen molar-refractivity contribution >= 4 is 23.3 Å². The topological polar surface area (TPSA) is 50.4 Å². The summed E-state index contributed by atoms with van der Waals surface area (Å²) in [4.78, 5) is 11.6. The second-order valence-corrected chi connectivity index (χ2v) is 5.06. The summed E-state index contributed by atoms with van der Waals surface area (Å²) in [6.07, 6.45) is 0. The molecule has 0 aliphatic carbocycles. The largest absolute Gasteiger partial charge is 0.380 e. The minimum Gasteiger partial charge on any atom is -0.380 e. The molecule has 2 N–H and O–H groups in total. The Balaban J connectivity index is 1.81. The predicted molar refractivity (Wildman–Crippen MR) is 67.4 cm³/mol. The van der Waals surface area contributed by atoms with E-state index in [1.54, 1.807) is 24.3 Å². The second-order valence-electron chi connectivity index (χ2n) is 4.62. The van der Waals surface area contributed by atoms with E-state index < -0.39 is 0 Å². The molecule has 2 amide bonds. The Morgan fingerprint density at radius 1 is 1.53 bits per heavy atom. The number of nitrogens with one attached hydrogen (secondary N) is 2. The van der Waals surface area contributed by atoms with Gasteiger partial charge < -0.3 is 15.4 Å². The smallest absolute Gasteiger partial charge is 0.319 e. The van der Waals surface area contributed by atoms with E-state index in [4.69, 9.17) is 16.3 Å². The van der Waals surface area contributed by atoms with Crippen LogP contribution in [0.5, 0.6) is 0 Å². The third-order valence-electron chi connectivity index (χ3n) is 2.66. The van der Waals surface area contributed by atoms with Crippen LogP contribution in [0.3, 0.4) is 0 Å². The van der Waals surface area contributed by atoms with Crippen LogP contribution in [0, 0.1) is 5.41 Å². The molecule has 92 valence electrons. The van der Waals surface area contributed by atoms with Crippen LogP contribution in [0.2, 0.25) is 5.02 Å². The van der Waals surface area contributed by atoms with Gasteiger partial charge in [0.15, 0.2) is 0 Å². The van der Waals surface area contributed by atoms with Gasteiger partial charge in [-0.15, -0.1) is 0 Å². The highest BCUT2D eigenvalue weighted by atomic mass is 35.5. The zero-order valence-corrected chi connectivity index (χ0v) is 10.4. The molecule has 0 unspecified atom stereocenters. The highest BCUT2D eigenvalue weighted by Crippen LogP contribution is 2.25. The van der Waals surface area contributed by atoms with Crippen molar-refractivity contribution < 1.29 is 9.53 Å². The summed E-state index contributed by atoms with van der Waals surface area (Å²) in [5.74, 6) is 0. The fourth-order valence-corrected chi connectivity index (χ4v) is 1.78. The third-order valence-corrected chi connectivity index (χ3v) is 2.89. The summed E-state index contributed by atoms with van der Waals surface area (Å²) >= 11 is 5.82. The summed E-state index contributed by atoms with van der Waals surface area (Å²) < 4.78 is 5.12. The maximum atomic E-state index is 11.6. The van der Waals surface area contributed by atoms with Crippen LogP contribution in [0.4, 0.5) is 10.5 Å². The van der Waals surface area contributed by atoms with Crippen LogP contribution in [0.1, 0.15) is 6.92 Å². The molecule has 5 heteroatoms. The number of hydrogen-bond acceptors (Lipinski definition) is 2. The molecule has 1 aromatic rings. The number of benzene rings is 1. The van der Waals surface area contributed by atoms with Crippen molar-refractivity contribution in [3.05, 3.63) is 29.3 Å². The molecule has 1 heterocycles. The van der Waals surface area contributed by atoms with Gasteiger partial charge in [-0.3, -0.25) is 0 Å². The quantitative estimate of drug-likeness (QED) is 0.871. The Morgan fingerprint density at radius 2 is 2.29 bits per heavy atom. The molecule has 1 aliphatic rings. The molecule has 0 saturated carbocycles. The average molecular weight is 255 g/mol. The van der Waals surface area contributed by atoms with Crippen molar-refractivity contribution in [2.75, 3.05) is 25.1 Å². The van der Waals surface area contributed by atoms with E-state index in [1.807, 2.05) is 0 Å². The molecule has 4 nitrogen and oxygen atoms in total. The lowest BCUT2D eigenvalue weighted by molar-refractivity contribution is -0.0974. The second kappa shape index (κ2) is 4.94. The van der Waals surface area contributed by atoms with Crippen LogP contribution < -0.4 is 10.6 Å². The summed E-state index contributed by atoms with van der Waals surface area (Å²) in [7, 11) is 0. The first-order valence-corrected chi connectivity index (χ1v) is 5.83. The molecule has 0 spiro atoms. The third kappa shape index (κ3) is 3.35. The van der Waals surface area contributed by atoms with Gasteiger partial charge in [0.1, 0.15) is 0 Å². The highest BCUT2D eigenvalue weighted by molar-refractivity contribution is 6.30. The first-order chi connectivity index (χ1) is 8.07. The molecule has 0 radical (unpaired) electrons. The average Bonchev–Trinajstić information content (AvgIpc) is 2.24. The van der Waals surface area contributed by atoms with E-state index in [9.17, 15) is 4.79 Å². The first-order valence-electron chi connectivity index (χ1n) is 5.46. The molecule has 0 atom stereocenters. The monoisotopic (exact) mass is 254 g/mol. The number of amides is 2. The highest BCUT2D eigenvalue weighted by Gasteiger charge is 2.33. The van der Waals surface area contributed by atoms with Crippen molar-refractivity contribution in [1.82, 2.24) is 5.32 Å². The minimum atomic E-state index is -0.222. The Hall–Kier alpha value is -1.26. The van der Waals surface area contributed by atoms with Crippen molar-refractivity contribution in [1.29, 1.82) is 0 Å². The summed E-state index contributed by atoms with van der Waals surface area (Å²) in [5, 5.41) is 6.15. The van der Waals surface area contributed by atoms with Crippen LogP contribution in [-0.2, 0) is 4.74 Å². The lowest BCUT2D eigenvalue weighted by Gasteiger charge is -2.37. The molecule has 2 rings (SSSR count). The van der Waals surface area contributed by atoms with Gasteiger partial charge in [-0.05, 0) is 18.2 Å². The maximum Gasteiger partial charge on any atom is 0.319 e. The fourth-order valence-electron chi connectivity index (χ4n) is 1.59. The van der Waals surface area contributed by atoms with Crippen molar-refractivity contribution in [3.8, 4) is 0 Å². The lowest BCUT2D eigenvalue weighted by atomic mass is 9.89. The molecule has 1 aliphatic heterocycles. The number of urea groups is 1. The lowest BCUT2D eigenvalue weighted by Crippen LogP contribution is -2.49. The van der Waals surface area contributed by atoms with Crippen LogP contribution in [0.25, 0.3) is 0 Å². The van der Waals surface area contributed by atoms with Crippen LogP contribution >= 0.6 is 11.6 Å². The number of hydrogen-bond donors (Lipinski definition) is 2. The van der Waals surface area contributed by atoms with E-state index in [2.05, 4.69) is 17.6 Å². The van der Waals surface area contributed by atoms with E-state index in [-0.39, 0.29) is 11.4 Å². The van der Waals surface area contributed by atoms with Gasteiger partial charge in [0, 0.05) is 22.7 Å². The van der Waals surface area contributed by atoms with E-state index in [0.717, 1.165) is 0 Å². The number of rotatable bonds is 3. The molecule has 0 bridgehead atoms. The van der Waals surface area contributed by atoms with Gasteiger partial charge >= 0.3 is 6.03 Å². The van der Waals surface area contributed by atoms with E-state index in [1.165, 1.54) is 0 Å². The molecule has 1 aromatic carbocycles. The minimum absolute atomic E-state index is 0.0751. The van der Waals surface area contributed by atoms with Gasteiger partial charge in [-0.25, -0.2) is 4.79 Å². The van der Waals surface area contributed by atoms with Gasteiger partial charge in [-0.1, -0.05) is 24.6 Å². The standard InChI is InChI=1S/C12H15ClN2O2/c1-12(7-17-8-12)6-14-11(16)15-10-4-2-3-9(13)5-10/h2-5H,6-8H2,1H3,(H2,14,15,16). The van der Waals surface area contributed by atoms with Crippen molar-refractivity contribution in [2.24, 2.45) is 5.41 Å². The Kier molecular flexibility index (Phi) is 3.54. The summed E-state index contributed by atoms with van der Waals surface area (Å²) in [6, 6.07) is 6.83. The Morgan fingerprint density at radius 3 is 2.88 bits per heavy atom. The zero-order chi connectivity index (χ0) is 12.3. The first kappa shape index (κ1) is 12.2. The van der Waals surface area contributed by atoms with Gasteiger partial charge in [0.05, 0.1) is 13.2 Å². The van der Waals surface area contributed by atoms with Crippen molar-refractivity contribution in [3.63, 3.8) is 0 Å². The summed E-state index contributed by atoms with van der Waals surface area (Å²) in [6.45, 7) is 4.09. The molecule has 1 fully saturated rings. The molecule has 0 aromatic heterocycles. The number of carbonyl (C=O) groups excluding carboxylic acids is 1. The molecule has 1 saturated heterocycles. The molecular formula is C12H15ClN2O2. The van der Waals surface area contributed by atoms with Crippen LogP contribution in [-0.4, -0.2) is 25.8 Å². The Labute approximate surface area is 105 Å². The summed E-state index contributed by atoms with van der Waals surface area (Å²) in [5.41, 5.74) is 0.760. The van der Waals surface area contributed by atoms with Gasteiger partial charge in [0.25, 0.3) is 0 Å². The molecule has 17 heavy (non-hydrogen) atoms. The van der Waals surface area contributed by atoms with Crippen LogP contribution in [0.15, 0.2) is 24.3 Å². The SMILES string of the molecule is CC1(CNC(=O)Nc2cccc(Cl)c2)COC1. The maximum absolute atomic E-state index is 11.6. The van der Waals surface area contributed by atoms with Crippen molar-refractivity contribution in [2.45, 2.75) is 6.92 Å². The fraction of sp³-hybridized carbons (Fsp3) is 0.417. The van der Waals surface area contributed by atoms with Gasteiger partial charge in [0.2, 0.25) is 0 Å².